The number of anilines is 1. The summed E-state index contributed by atoms with van der Waals surface area (Å²) in [5.41, 5.74) is 2.15. The molecule has 2 heterocycles. The van der Waals surface area contributed by atoms with Crippen LogP contribution < -0.4 is 4.90 Å². The van der Waals surface area contributed by atoms with Crippen LogP contribution in [-0.4, -0.2) is 52.8 Å². The second-order valence-electron chi connectivity index (χ2n) is 6.20. The van der Waals surface area contributed by atoms with Crippen LogP contribution in [0.2, 0.25) is 5.02 Å². The van der Waals surface area contributed by atoms with E-state index in [-0.39, 0.29) is 18.3 Å². The highest BCUT2D eigenvalue weighted by Gasteiger charge is 2.25. The Bertz CT molecular complexity index is 921. The quantitative estimate of drug-likeness (QED) is 0.640. The largest absolute Gasteiger partial charge is 0.308 e. The molecule has 0 saturated carbocycles. The summed E-state index contributed by atoms with van der Waals surface area (Å²) in [7, 11) is 5.77. The zero-order valence-electron chi connectivity index (χ0n) is 15.1. The maximum atomic E-state index is 13.1. The third kappa shape index (κ3) is 4.35. The Kier molecular flexibility index (Phi) is 6.63. The van der Waals surface area contributed by atoms with Crippen molar-refractivity contribution in [2.75, 3.05) is 32.1 Å². The van der Waals surface area contributed by atoms with Gasteiger partial charge in [0.1, 0.15) is 0 Å². The summed E-state index contributed by atoms with van der Waals surface area (Å²) < 4.78 is 2.62. The van der Waals surface area contributed by atoms with Crippen molar-refractivity contribution in [1.29, 1.82) is 0 Å². The van der Waals surface area contributed by atoms with E-state index >= 15 is 0 Å². The molecule has 0 bridgehead atoms. The molecule has 0 unspecified atom stereocenters. The Morgan fingerprint density at radius 1 is 1.31 bits per heavy atom. The van der Waals surface area contributed by atoms with Gasteiger partial charge in [-0.2, -0.15) is 5.10 Å². The molecule has 26 heavy (non-hydrogen) atoms. The summed E-state index contributed by atoms with van der Waals surface area (Å²) >= 11 is 7.53. The van der Waals surface area contributed by atoms with Gasteiger partial charge < -0.3 is 4.90 Å². The smallest absolute Gasteiger partial charge is 0.280 e. The average Bonchev–Trinajstić information content (AvgIpc) is 3.09. The molecule has 0 fully saturated rings. The van der Waals surface area contributed by atoms with Crippen molar-refractivity contribution in [3.8, 4) is 0 Å². The molecule has 3 rings (SSSR count). The van der Waals surface area contributed by atoms with Crippen LogP contribution in [0.3, 0.4) is 0 Å². The second-order valence-corrected chi connectivity index (χ2v) is 7.65. The SMILES string of the molecule is Cc1cn(C)nc1C(=O)N(CCN(C)C)c1nc2ccc(Cl)cc2s1.Cl. The van der Waals surface area contributed by atoms with Crippen molar-refractivity contribution in [2.24, 2.45) is 7.05 Å². The van der Waals surface area contributed by atoms with Crippen molar-refractivity contribution in [3.05, 3.63) is 40.7 Å². The fourth-order valence-electron chi connectivity index (χ4n) is 2.53. The first-order chi connectivity index (χ1) is 11.8. The maximum Gasteiger partial charge on any atom is 0.280 e. The molecular weight excluding hydrogens is 393 g/mol. The van der Waals surface area contributed by atoms with Crippen molar-refractivity contribution in [1.82, 2.24) is 19.7 Å². The van der Waals surface area contributed by atoms with E-state index in [1.54, 1.807) is 9.58 Å². The Labute approximate surface area is 167 Å². The highest BCUT2D eigenvalue weighted by atomic mass is 35.5. The maximum absolute atomic E-state index is 13.1. The Morgan fingerprint density at radius 3 is 2.65 bits per heavy atom. The zero-order valence-corrected chi connectivity index (χ0v) is 17.5. The number of aromatic nitrogens is 3. The van der Waals surface area contributed by atoms with Crippen molar-refractivity contribution in [2.45, 2.75) is 6.92 Å². The van der Waals surface area contributed by atoms with E-state index in [0.717, 1.165) is 22.3 Å². The molecule has 9 heteroatoms. The number of hydrogen-bond donors (Lipinski definition) is 0. The van der Waals surface area contributed by atoms with Crippen LogP contribution in [0.1, 0.15) is 16.1 Å². The first kappa shape index (κ1) is 20.6. The van der Waals surface area contributed by atoms with Crippen LogP contribution in [0.5, 0.6) is 0 Å². The summed E-state index contributed by atoms with van der Waals surface area (Å²) in [5.74, 6) is -0.134. The van der Waals surface area contributed by atoms with Gasteiger partial charge in [-0.1, -0.05) is 22.9 Å². The van der Waals surface area contributed by atoms with Gasteiger partial charge in [0.25, 0.3) is 5.91 Å². The molecule has 0 aliphatic carbocycles. The molecule has 0 aliphatic rings. The van der Waals surface area contributed by atoms with Gasteiger partial charge in [-0.15, -0.1) is 12.4 Å². The van der Waals surface area contributed by atoms with Gasteiger partial charge in [0.15, 0.2) is 10.8 Å². The van der Waals surface area contributed by atoms with E-state index in [9.17, 15) is 4.79 Å². The van der Waals surface area contributed by atoms with Crippen molar-refractivity contribution >= 4 is 56.6 Å². The number of amides is 1. The van der Waals surface area contributed by atoms with Crippen LogP contribution in [-0.2, 0) is 7.05 Å². The minimum atomic E-state index is -0.134. The molecule has 0 saturated heterocycles. The van der Waals surface area contributed by atoms with E-state index in [1.165, 1.54) is 11.3 Å². The third-order valence-electron chi connectivity index (χ3n) is 3.80. The number of halogens is 2. The summed E-state index contributed by atoms with van der Waals surface area (Å²) in [4.78, 5) is 21.5. The van der Waals surface area contributed by atoms with Crippen molar-refractivity contribution < 1.29 is 4.79 Å². The number of carbonyl (C=O) groups excluding carboxylic acids is 1. The molecule has 140 valence electrons. The van der Waals surface area contributed by atoms with Gasteiger partial charge in [-0.05, 0) is 39.2 Å². The van der Waals surface area contributed by atoms with Gasteiger partial charge in [0.05, 0.1) is 10.2 Å². The second kappa shape index (κ2) is 8.35. The molecular formula is C17H21Cl2N5OS. The highest BCUT2D eigenvalue weighted by Crippen LogP contribution is 2.31. The summed E-state index contributed by atoms with van der Waals surface area (Å²) in [6, 6.07) is 5.55. The highest BCUT2D eigenvalue weighted by molar-refractivity contribution is 7.22. The van der Waals surface area contributed by atoms with Gasteiger partial charge in [0, 0.05) is 36.9 Å². The van der Waals surface area contributed by atoms with E-state index < -0.39 is 0 Å². The minimum Gasteiger partial charge on any atom is -0.308 e. The molecule has 3 aromatic rings. The number of hydrogen-bond acceptors (Lipinski definition) is 5. The van der Waals surface area contributed by atoms with Crippen LogP contribution in [0.4, 0.5) is 5.13 Å². The summed E-state index contributed by atoms with van der Waals surface area (Å²) in [5, 5.41) is 5.64. The topological polar surface area (TPSA) is 54.3 Å². The van der Waals surface area contributed by atoms with Crippen LogP contribution in [0.15, 0.2) is 24.4 Å². The average molecular weight is 414 g/mol. The molecule has 0 aliphatic heterocycles. The molecule has 1 amide bonds. The first-order valence-corrected chi connectivity index (χ1v) is 9.07. The minimum absolute atomic E-state index is 0. The van der Waals surface area contributed by atoms with Gasteiger partial charge in [-0.25, -0.2) is 4.98 Å². The summed E-state index contributed by atoms with van der Waals surface area (Å²) in [6.07, 6.45) is 1.84. The fraction of sp³-hybridized carbons (Fsp3) is 0.353. The molecule has 1 aromatic carbocycles. The number of fused-ring (bicyclic) bond motifs is 1. The molecule has 2 aromatic heterocycles. The van der Waals surface area contributed by atoms with E-state index in [0.29, 0.717) is 22.4 Å². The normalized spacial score (nSPS) is 11.0. The molecule has 0 radical (unpaired) electrons. The van der Waals surface area contributed by atoms with Crippen LogP contribution in [0, 0.1) is 6.92 Å². The number of thiazole rings is 1. The van der Waals surface area contributed by atoms with E-state index in [2.05, 4.69) is 10.1 Å². The van der Waals surface area contributed by atoms with E-state index in [4.69, 9.17) is 11.6 Å². The number of carbonyl (C=O) groups is 1. The van der Waals surface area contributed by atoms with Gasteiger partial charge in [-0.3, -0.25) is 14.4 Å². The summed E-state index contributed by atoms with van der Waals surface area (Å²) in [6.45, 7) is 3.16. The number of rotatable bonds is 5. The fourth-order valence-corrected chi connectivity index (χ4v) is 3.80. The molecule has 6 nitrogen and oxygen atoms in total. The molecule has 0 atom stereocenters. The monoisotopic (exact) mass is 413 g/mol. The Hall–Kier alpha value is -1.67. The number of likely N-dealkylation sites (N-methyl/N-ethyl adjacent to an activating group) is 1. The van der Waals surface area contributed by atoms with Gasteiger partial charge >= 0.3 is 0 Å². The standard InChI is InChI=1S/C17H20ClN5OS.ClH/c1-11-10-22(4)20-15(11)16(24)23(8-7-21(2)3)17-19-13-6-5-12(18)9-14(13)25-17;/h5-6,9-10H,7-8H2,1-4H3;1H. The molecule has 0 N–H and O–H groups in total. The zero-order chi connectivity index (χ0) is 18.1. The number of nitrogens with zero attached hydrogens (tertiary/aromatic N) is 5. The predicted octanol–water partition coefficient (Wildman–Crippen LogP) is 3.62. The molecule has 0 spiro atoms. The lowest BCUT2D eigenvalue weighted by Crippen LogP contribution is -2.37. The lowest BCUT2D eigenvalue weighted by molar-refractivity contribution is 0.0979. The van der Waals surface area contributed by atoms with Crippen LogP contribution >= 0.6 is 35.3 Å². The third-order valence-corrected chi connectivity index (χ3v) is 5.08. The first-order valence-electron chi connectivity index (χ1n) is 7.88. The van der Waals surface area contributed by atoms with Crippen LogP contribution in [0.25, 0.3) is 10.2 Å². The number of aryl methyl sites for hydroxylation is 2. The Balaban J connectivity index is 0.00000243. The predicted molar refractivity (Wildman–Crippen MR) is 110 cm³/mol. The van der Waals surface area contributed by atoms with E-state index in [1.807, 2.05) is 57.4 Å². The lowest BCUT2D eigenvalue weighted by Gasteiger charge is -2.21. The Morgan fingerprint density at radius 2 is 2.04 bits per heavy atom. The lowest BCUT2D eigenvalue weighted by atomic mass is 10.2. The number of benzene rings is 1. The van der Waals surface area contributed by atoms with Gasteiger partial charge in [0.2, 0.25) is 0 Å². The van der Waals surface area contributed by atoms with Crippen molar-refractivity contribution in [3.63, 3.8) is 0 Å².